The van der Waals surface area contributed by atoms with E-state index in [9.17, 15) is 9.59 Å². The van der Waals surface area contributed by atoms with Crippen LogP contribution in [0.2, 0.25) is 5.02 Å². The van der Waals surface area contributed by atoms with Gasteiger partial charge in [0.25, 0.3) is 5.91 Å². The van der Waals surface area contributed by atoms with Crippen LogP contribution in [-0.2, 0) is 11.3 Å². The van der Waals surface area contributed by atoms with Gasteiger partial charge in [-0.3, -0.25) is 9.59 Å². The molecular formula is C18H22ClN5O2. The lowest BCUT2D eigenvalue weighted by molar-refractivity contribution is -0.133. The second-order valence-corrected chi connectivity index (χ2v) is 6.93. The first-order valence-corrected chi connectivity index (χ1v) is 9.06. The molecule has 0 bridgehead atoms. The molecule has 3 rings (SSSR count). The van der Waals surface area contributed by atoms with Gasteiger partial charge in [0.05, 0.1) is 5.02 Å². The van der Waals surface area contributed by atoms with Crippen LogP contribution in [0.4, 0.5) is 0 Å². The Labute approximate surface area is 157 Å². The number of rotatable bonds is 5. The number of carbonyl (C=O) groups excluding carboxylic acids is 2. The maximum Gasteiger partial charge on any atom is 0.269 e. The molecule has 0 saturated carbocycles. The fraction of sp³-hybridized carbons (Fsp3) is 0.444. The fourth-order valence-electron chi connectivity index (χ4n) is 3.04. The van der Waals surface area contributed by atoms with Gasteiger partial charge >= 0.3 is 0 Å². The minimum absolute atomic E-state index is 0.110. The molecule has 1 N–H and O–H groups in total. The second-order valence-electron chi connectivity index (χ2n) is 6.50. The molecule has 0 atom stereocenters. The van der Waals surface area contributed by atoms with E-state index < -0.39 is 0 Å². The lowest BCUT2D eigenvalue weighted by Crippen LogP contribution is -2.42. The quantitative estimate of drug-likeness (QED) is 0.865. The van der Waals surface area contributed by atoms with Gasteiger partial charge in [0, 0.05) is 38.2 Å². The molecule has 2 aromatic heterocycles. The second kappa shape index (κ2) is 8.31. The Morgan fingerprint density at radius 3 is 2.65 bits per heavy atom. The maximum atomic E-state index is 12.4. The van der Waals surface area contributed by atoms with Crippen LogP contribution in [-0.4, -0.2) is 50.9 Å². The lowest BCUT2D eigenvalue weighted by atomic mass is 9.96. The van der Waals surface area contributed by atoms with E-state index in [4.69, 9.17) is 11.6 Å². The topological polar surface area (TPSA) is 80.1 Å². The van der Waals surface area contributed by atoms with Gasteiger partial charge in [-0.25, -0.2) is 9.97 Å². The van der Waals surface area contributed by atoms with Gasteiger partial charge in [-0.1, -0.05) is 11.6 Å². The Kier molecular flexibility index (Phi) is 5.88. The highest BCUT2D eigenvalue weighted by Gasteiger charge is 2.23. The van der Waals surface area contributed by atoms with Crippen molar-refractivity contribution in [2.24, 2.45) is 5.92 Å². The molecular weight excluding hydrogens is 354 g/mol. The summed E-state index contributed by atoms with van der Waals surface area (Å²) in [5.74, 6) is 1.12. The van der Waals surface area contributed by atoms with Gasteiger partial charge in [0.15, 0.2) is 0 Å². The summed E-state index contributed by atoms with van der Waals surface area (Å²) in [4.78, 5) is 34.5. The van der Waals surface area contributed by atoms with Gasteiger partial charge in [0.1, 0.15) is 18.1 Å². The molecule has 3 heterocycles. The molecule has 1 fully saturated rings. The molecule has 1 aliphatic heterocycles. The first-order valence-electron chi connectivity index (χ1n) is 8.68. The number of carbonyl (C=O) groups is 2. The van der Waals surface area contributed by atoms with Gasteiger partial charge in [-0.15, -0.1) is 0 Å². The zero-order valence-corrected chi connectivity index (χ0v) is 15.4. The third-order valence-corrected chi connectivity index (χ3v) is 4.93. The summed E-state index contributed by atoms with van der Waals surface area (Å²) < 4.78 is 1.85. The van der Waals surface area contributed by atoms with E-state index >= 15 is 0 Å². The van der Waals surface area contributed by atoms with Gasteiger partial charge in [-0.05, 0) is 37.8 Å². The Bertz CT molecular complexity index is 766. The van der Waals surface area contributed by atoms with Crippen LogP contribution in [0.25, 0.3) is 0 Å². The van der Waals surface area contributed by atoms with E-state index in [1.165, 1.54) is 6.20 Å². The number of piperidine rings is 1. The van der Waals surface area contributed by atoms with Crippen LogP contribution >= 0.6 is 11.6 Å². The summed E-state index contributed by atoms with van der Waals surface area (Å²) in [5.41, 5.74) is 0.359. The van der Waals surface area contributed by atoms with Crippen molar-refractivity contribution >= 4 is 23.4 Å². The van der Waals surface area contributed by atoms with Crippen LogP contribution in [0.1, 0.15) is 29.2 Å². The number of aromatic nitrogens is 3. The molecule has 2 aromatic rings. The lowest BCUT2D eigenvalue weighted by Gasteiger charge is -2.32. The number of imidazole rings is 1. The number of nitrogens with one attached hydrogen (secondary N) is 1. The minimum atomic E-state index is -0.198. The standard InChI is InChI=1S/C18H22ClN5O2/c1-13-20-6-9-24(13)12-17(25)23-7-4-14(5-8-23)10-22-18(26)16-3-2-15(19)11-21-16/h2-3,6,9,11,14H,4-5,7-8,10,12H2,1H3,(H,22,26). The molecule has 0 aliphatic carbocycles. The summed E-state index contributed by atoms with van der Waals surface area (Å²) in [6.07, 6.45) is 6.74. The van der Waals surface area contributed by atoms with Crippen LogP contribution in [0.5, 0.6) is 0 Å². The highest BCUT2D eigenvalue weighted by atomic mass is 35.5. The number of nitrogens with zero attached hydrogens (tertiary/aromatic N) is 4. The Morgan fingerprint density at radius 2 is 2.04 bits per heavy atom. The molecule has 7 nitrogen and oxygen atoms in total. The highest BCUT2D eigenvalue weighted by molar-refractivity contribution is 6.30. The number of aryl methyl sites for hydroxylation is 1. The van der Waals surface area contributed by atoms with E-state index in [1.54, 1.807) is 18.3 Å². The van der Waals surface area contributed by atoms with Gasteiger partial charge in [-0.2, -0.15) is 0 Å². The Balaban J connectivity index is 1.42. The number of halogens is 1. The summed E-state index contributed by atoms with van der Waals surface area (Å²) in [6.45, 7) is 4.23. The summed E-state index contributed by atoms with van der Waals surface area (Å²) in [7, 11) is 0. The first kappa shape index (κ1) is 18.4. The van der Waals surface area contributed by atoms with Crippen molar-refractivity contribution in [3.05, 3.63) is 47.3 Å². The van der Waals surface area contributed by atoms with E-state index in [1.807, 2.05) is 22.6 Å². The number of hydrogen-bond donors (Lipinski definition) is 1. The Morgan fingerprint density at radius 1 is 1.27 bits per heavy atom. The van der Waals surface area contributed by atoms with Crippen molar-refractivity contribution in [3.63, 3.8) is 0 Å². The number of pyridine rings is 1. The molecule has 2 amide bonds. The fourth-order valence-corrected chi connectivity index (χ4v) is 3.15. The highest BCUT2D eigenvalue weighted by Crippen LogP contribution is 2.17. The molecule has 0 spiro atoms. The van der Waals surface area contributed by atoms with E-state index in [0.29, 0.717) is 42.8 Å². The molecule has 138 valence electrons. The van der Waals surface area contributed by atoms with E-state index in [-0.39, 0.29) is 11.8 Å². The molecule has 26 heavy (non-hydrogen) atoms. The maximum absolute atomic E-state index is 12.4. The molecule has 1 aliphatic rings. The van der Waals surface area contributed by atoms with E-state index in [2.05, 4.69) is 15.3 Å². The number of likely N-dealkylation sites (tertiary alicyclic amines) is 1. The van der Waals surface area contributed by atoms with Crippen molar-refractivity contribution in [2.75, 3.05) is 19.6 Å². The number of hydrogen-bond acceptors (Lipinski definition) is 4. The van der Waals surface area contributed by atoms with Crippen molar-refractivity contribution in [3.8, 4) is 0 Å². The van der Waals surface area contributed by atoms with Gasteiger partial charge < -0.3 is 14.8 Å². The van der Waals surface area contributed by atoms with Crippen molar-refractivity contribution < 1.29 is 9.59 Å². The summed E-state index contributed by atoms with van der Waals surface area (Å²) >= 11 is 5.78. The van der Waals surface area contributed by atoms with Gasteiger partial charge in [0.2, 0.25) is 5.91 Å². The Hall–Kier alpha value is -2.41. The predicted octanol–water partition coefficient (Wildman–Crippen LogP) is 1.91. The molecule has 0 radical (unpaired) electrons. The first-order chi connectivity index (χ1) is 12.5. The third-order valence-electron chi connectivity index (χ3n) is 4.71. The van der Waals surface area contributed by atoms with Crippen LogP contribution in [0.15, 0.2) is 30.7 Å². The van der Waals surface area contributed by atoms with Crippen molar-refractivity contribution in [2.45, 2.75) is 26.3 Å². The van der Waals surface area contributed by atoms with E-state index in [0.717, 1.165) is 18.7 Å². The van der Waals surface area contributed by atoms with Crippen LogP contribution in [0.3, 0.4) is 0 Å². The average molecular weight is 376 g/mol. The smallest absolute Gasteiger partial charge is 0.269 e. The van der Waals surface area contributed by atoms with Crippen molar-refractivity contribution in [1.82, 2.24) is 24.8 Å². The van der Waals surface area contributed by atoms with Crippen LogP contribution < -0.4 is 5.32 Å². The average Bonchev–Trinajstić information content (AvgIpc) is 3.05. The zero-order chi connectivity index (χ0) is 18.5. The third kappa shape index (κ3) is 4.60. The molecule has 0 unspecified atom stereocenters. The normalized spacial score (nSPS) is 15.1. The van der Waals surface area contributed by atoms with Crippen LogP contribution in [0, 0.1) is 12.8 Å². The molecule has 1 saturated heterocycles. The summed E-state index contributed by atoms with van der Waals surface area (Å²) in [5, 5.41) is 3.42. The zero-order valence-electron chi connectivity index (χ0n) is 14.7. The number of amides is 2. The monoisotopic (exact) mass is 375 g/mol. The molecule has 0 aromatic carbocycles. The predicted molar refractivity (Wildman–Crippen MR) is 97.8 cm³/mol. The molecule has 8 heteroatoms. The largest absolute Gasteiger partial charge is 0.350 e. The van der Waals surface area contributed by atoms with Crippen molar-refractivity contribution in [1.29, 1.82) is 0 Å². The SMILES string of the molecule is Cc1nccn1CC(=O)N1CCC(CNC(=O)c2ccc(Cl)cn2)CC1. The minimum Gasteiger partial charge on any atom is -0.350 e. The summed E-state index contributed by atoms with van der Waals surface area (Å²) in [6, 6.07) is 3.26.